The molecular weight excluding hydrogens is 252 g/mol. The van der Waals surface area contributed by atoms with E-state index in [-0.39, 0.29) is 5.91 Å². The van der Waals surface area contributed by atoms with Crippen LogP contribution in [0.15, 0.2) is 42.6 Å². The number of hydrogen-bond acceptors (Lipinski definition) is 3. The second-order valence-electron chi connectivity index (χ2n) is 4.63. The predicted molar refractivity (Wildman–Crippen MR) is 76.2 cm³/mol. The molecule has 2 N–H and O–H groups in total. The lowest BCUT2D eigenvalue weighted by atomic mass is 10.1. The molecule has 0 atom stereocenters. The van der Waals surface area contributed by atoms with Crippen LogP contribution in [0.25, 0.3) is 10.9 Å². The van der Waals surface area contributed by atoms with Gasteiger partial charge in [-0.3, -0.25) is 14.9 Å². The second-order valence-corrected chi connectivity index (χ2v) is 4.63. The van der Waals surface area contributed by atoms with Crippen LogP contribution in [0.2, 0.25) is 0 Å². The smallest absolute Gasteiger partial charge is 0.272 e. The van der Waals surface area contributed by atoms with Gasteiger partial charge in [-0.05, 0) is 31.2 Å². The van der Waals surface area contributed by atoms with Crippen molar-refractivity contribution in [3.63, 3.8) is 0 Å². The Labute approximate surface area is 116 Å². The van der Waals surface area contributed by atoms with Gasteiger partial charge in [-0.15, -0.1) is 0 Å². The minimum Gasteiger partial charge on any atom is -0.345 e. The summed E-state index contributed by atoms with van der Waals surface area (Å²) < 4.78 is 0. The summed E-state index contributed by atoms with van der Waals surface area (Å²) in [5.41, 5.74) is 3.19. The maximum atomic E-state index is 12.2. The molecule has 20 heavy (non-hydrogen) atoms. The summed E-state index contributed by atoms with van der Waals surface area (Å²) in [6.07, 6.45) is 1.70. The number of nitrogens with one attached hydrogen (secondary N) is 2. The number of carbonyl (C=O) groups is 1. The molecule has 0 unspecified atom stereocenters. The van der Waals surface area contributed by atoms with E-state index in [0.29, 0.717) is 12.2 Å². The molecule has 0 saturated heterocycles. The Morgan fingerprint density at radius 2 is 2.20 bits per heavy atom. The zero-order chi connectivity index (χ0) is 13.9. The highest BCUT2D eigenvalue weighted by Gasteiger charge is 2.13. The molecule has 100 valence electrons. The highest BCUT2D eigenvalue weighted by atomic mass is 16.1. The molecule has 1 amide bonds. The van der Waals surface area contributed by atoms with Crippen molar-refractivity contribution >= 4 is 16.8 Å². The molecule has 0 saturated carbocycles. The standard InChI is InChI=1S/C15H14N4O/c1-10-5-6-13-12(8-10)14(19-18-13)15(20)17-9-11-4-2-3-7-16-11/h2-8H,9H2,1H3,(H,17,20)(H,18,19). The topological polar surface area (TPSA) is 70.7 Å². The number of amides is 1. The fraction of sp³-hybridized carbons (Fsp3) is 0.133. The minimum absolute atomic E-state index is 0.201. The number of aryl methyl sites for hydroxylation is 1. The Morgan fingerprint density at radius 3 is 3.00 bits per heavy atom. The third kappa shape index (κ3) is 2.38. The average molecular weight is 266 g/mol. The lowest BCUT2D eigenvalue weighted by Crippen LogP contribution is -2.23. The van der Waals surface area contributed by atoms with E-state index < -0.39 is 0 Å². The van der Waals surface area contributed by atoms with Gasteiger partial charge in [0.15, 0.2) is 5.69 Å². The van der Waals surface area contributed by atoms with Crippen LogP contribution in [0.1, 0.15) is 21.7 Å². The Morgan fingerprint density at radius 1 is 1.30 bits per heavy atom. The minimum atomic E-state index is -0.201. The van der Waals surface area contributed by atoms with Gasteiger partial charge in [0.25, 0.3) is 5.91 Å². The van der Waals surface area contributed by atoms with Gasteiger partial charge in [-0.25, -0.2) is 0 Å². The van der Waals surface area contributed by atoms with E-state index >= 15 is 0 Å². The monoisotopic (exact) mass is 266 g/mol. The molecule has 1 aromatic carbocycles. The van der Waals surface area contributed by atoms with Crippen LogP contribution in [0.5, 0.6) is 0 Å². The molecule has 0 fully saturated rings. The summed E-state index contributed by atoms with van der Waals surface area (Å²) in [7, 11) is 0. The molecule has 0 spiro atoms. The normalized spacial score (nSPS) is 10.7. The van der Waals surface area contributed by atoms with Gasteiger partial charge < -0.3 is 5.32 Å². The van der Waals surface area contributed by atoms with E-state index in [4.69, 9.17) is 0 Å². The van der Waals surface area contributed by atoms with Crippen molar-refractivity contribution in [3.8, 4) is 0 Å². The lowest BCUT2D eigenvalue weighted by Gasteiger charge is -2.03. The van der Waals surface area contributed by atoms with Crippen LogP contribution in [0.3, 0.4) is 0 Å². The third-order valence-corrected chi connectivity index (χ3v) is 3.09. The number of benzene rings is 1. The number of H-pyrrole nitrogens is 1. The summed E-state index contributed by atoms with van der Waals surface area (Å²) in [5.74, 6) is -0.201. The van der Waals surface area contributed by atoms with E-state index in [9.17, 15) is 4.79 Å². The number of pyridine rings is 1. The van der Waals surface area contributed by atoms with Crippen LogP contribution in [0, 0.1) is 6.92 Å². The van der Waals surface area contributed by atoms with Crippen molar-refractivity contribution in [2.45, 2.75) is 13.5 Å². The van der Waals surface area contributed by atoms with Crippen LogP contribution in [0.4, 0.5) is 0 Å². The van der Waals surface area contributed by atoms with Gasteiger partial charge in [0, 0.05) is 11.6 Å². The molecule has 5 heteroatoms. The van der Waals surface area contributed by atoms with Crippen LogP contribution in [-0.4, -0.2) is 21.1 Å². The number of carbonyl (C=O) groups excluding carboxylic acids is 1. The number of aromatic nitrogens is 3. The van der Waals surface area contributed by atoms with Gasteiger partial charge in [-0.2, -0.15) is 5.10 Å². The van der Waals surface area contributed by atoms with Crippen molar-refractivity contribution in [1.29, 1.82) is 0 Å². The zero-order valence-corrected chi connectivity index (χ0v) is 11.1. The summed E-state index contributed by atoms with van der Waals surface area (Å²) in [6.45, 7) is 2.38. The van der Waals surface area contributed by atoms with Gasteiger partial charge in [-0.1, -0.05) is 17.7 Å². The first-order valence-electron chi connectivity index (χ1n) is 6.37. The summed E-state index contributed by atoms with van der Waals surface area (Å²) >= 11 is 0. The first kappa shape index (κ1) is 12.3. The Bertz CT molecular complexity index is 749. The second kappa shape index (κ2) is 5.13. The SMILES string of the molecule is Cc1ccc2[nH]nc(C(=O)NCc3ccccn3)c2c1. The van der Waals surface area contributed by atoms with E-state index in [0.717, 1.165) is 22.2 Å². The molecule has 3 aromatic rings. The molecule has 0 aliphatic carbocycles. The first-order valence-corrected chi connectivity index (χ1v) is 6.37. The summed E-state index contributed by atoms with van der Waals surface area (Å²) in [5, 5.41) is 10.6. The van der Waals surface area contributed by atoms with Crippen molar-refractivity contribution in [1.82, 2.24) is 20.5 Å². The van der Waals surface area contributed by atoms with E-state index in [1.807, 2.05) is 43.3 Å². The molecule has 3 rings (SSSR count). The fourth-order valence-corrected chi connectivity index (χ4v) is 2.06. The molecule has 5 nitrogen and oxygen atoms in total. The Kier molecular flexibility index (Phi) is 3.16. The van der Waals surface area contributed by atoms with E-state index in [1.165, 1.54) is 0 Å². The van der Waals surface area contributed by atoms with Crippen molar-refractivity contribution in [3.05, 3.63) is 59.5 Å². The van der Waals surface area contributed by atoms with Crippen molar-refractivity contribution < 1.29 is 4.79 Å². The number of aromatic amines is 1. The average Bonchev–Trinajstić information content (AvgIpc) is 2.89. The van der Waals surface area contributed by atoms with E-state index in [1.54, 1.807) is 6.20 Å². The highest BCUT2D eigenvalue weighted by Crippen LogP contribution is 2.17. The van der Waals surface area contributed by atoms with Crippen LogP contribution < -0.4 is 5.32 Å². The molecule has 0 aliphatic rings. The Balaban J connectivity index is 1.80. The summed E-state index contributed by atoms with van der Waals surface area (Å²) in [4.78, 5) is 16.3. The third-order valence-electron chi connectivity index (χ3n) is 3.09. The van der Waals surface area contributed by atoms with Crippen LogP contribution >= 0.6 is 0 Å². The van der Waals surface area contributed by atoms with Gasteiger partial charge >= 0.3 is 0 Å². The lowest BCUT2D eigenvalue weighted by molar-refractivity contribution is 0.0947. The largest absolute Gasteiger partial charge is 0.345 e. The number of nitrogens with zero attached hydrogens (tertiary/aromatic N) is 2. The highest BCUT2D eigenvalue weighted by molar-refractivity contribution is 6.04. The van der Waals surface area contributed by atoms with Gasteiger partial charge in [0.2, 0.25) is 0 Å². The summed E-state index contributed by atoms with van der Waals surface area (Å²) in [6, 6.07) is 11.5. The zero-order valence-electron chi connectivity index (χ0n) is 11.1. The molecule has 2 heterocycles. The van der Waals surface area contributed by atoms with E-state index in [2.05, 4.69) is 20.5 Å². The quantitative estimate of drug-likeness (QED) is 0.763. The molecule has 0 radical (unpaired) electrons. The van der Waals surface area contributed by atoms with Gasteiger partial charge in [0.05, 0.1) is 17.8 Å². The van der Waals surface area contributed by atoms with Crippen molar-refractivity contribution in [2.24, 2.45) is 0 Å². The maximum Gasteiger partial charge on any atom is 0.272 e. The fourth-order valence-electron chi connectivity index (χ4n) is 2.06. The number of hydrogen-bond donors (Lipinski definition) is 2. The molecule has 0 aliphatic heterocycles. The molecule has 0 bridgehead atoms. The van der Waals surface area contributed by atoms with Gasteiger partial charge in [0.1, 0.15) is 0 Å². The molecular formula is C15H14N4O. The number of fused-ring (bicyclic) bond motifs is 1. The predicted octanol–water partition coefficient (Wildman–Crippen LogP) is 2.20. The van der Waals surface area contributed by atoms with Crippen LogP contribution in [-0.2, 0) is 6.54 Å². The first-order chi connectivity index (χ1) is 9.74. The maximum absolute atomic E-state index is 12.2. The number of rotatable bonds is 3. The molecule has 2 aromatic heterocycles. The van der Waals surface area contributed by atoms with Crippen molar-refractivity contribution in [2.75, 3.05) is 0 Å². The Hall–Kier alpha value is -2.69.